The monoisotopic (exact) mass is 421 g/mol. The molecule has 4 amide bonds. The van der Waals surface area contributed by atoms with Gasteiger partial charge in [0.1, 0.15) is 12.1 Å². The first-order valence-electron chi connectivity index (χ1n) is 10.1. The number of hydrogen-bond donors (Lipinski definition) is 2. The summed E-state index contributed by atoms with van der Waals surface area (Å²) in [6, 6.07) is 14.1. The van der Waals surface area contributed by atoms with Crippen molar-refractivity contribution in [2.75, 3.05) is 18.5 Å². The van der Waals surface area contributed by atoms with Crippen LogP contribution in [0.5, 0.6) is 0 Å². The Morgan fingerprint density at radius 3 is 2.68 bits per heavy atom. The summed E-state index contributed by atoms with van der Waals surface area (Å²) in [5.41, 5.74) is 2.14. The number of aryl methyl sites for hydroxylation is 2. The molecule has 1 spiro atoms. The molecule has 8 nitrogen and oxygen atoms in total. The van der Waals surface area contributed by atoms with Gasteiger partial charge in [0, 0.05) is 5.69 Å². The Balaban J connectivity index is 1.38. The van der Waals surface area contributed by atoms with Gasteiger partial charge in [-0.1, -0.05) is 42.5 Å². The summed E-state index contributed by atoms with van der Waals surface area (Å²) in [7, 11) is 0. The first-order chi connectivity index (χ1) is 14.9. The van der Waals surface area contributed by atoms with E-state index in [2.05, 4.69) is 10.6 Å². The Morgan fingerprint density at radius 2 is 1.87 bits per heavy atom. The minimum Gasteiger partial charge on any atom is -0.454 e. The van der Waals surface area contributed by atoms with Crippen LogP contribution in [0.3, 0.4) is 0 Å². The highest BCUT2D eigenvalue weighted by Gasteiger charge is 2.54. The number of carbonyl (C=O) groups excluding carboxylic acids is 4. The van der Waals surface area contributed by atoms with Gasteiger partial charge in [-0.25, -0.2) is 4.79 Å². The number of anilines is 1. The van der Waals surface area contributed by atoms with E-state index in [1.165, 1.54) is 0 Å². The lowest BCUT2D eigenvalue weighted by Gasteiger charge is -2.33. The van der Waals surface area contributed by atoms with Crippen LogP contribution in [0.4, 0.5) is 10.5 Å². The number of esters is 1. The molecule has 2 N–H and O–H groups in total. The summed E-state index contributed by atoms with van der Waals surface area (Å²) in [5.74, 6) is -1.80. The van der Waals surface area contributed by atoms with E-state index >= 15 is 0 Å². The van der Waals surface area contributed by atoms with E-state index in [0.29, 0.717) is 12.1 Å². The normalized spacial score (nSPS) is 19.7. The number of para-hydroxylation sites is 1. The van der Waals surface area contributed by atoms with Gasteiger partial charge in [0.2, 0.25) is 0 Å². The molecule has 1 saturated heterocycles. The third kappa shape index (κ3) is 3.88. The second-order valence-corrected chi connectivity index (χ2v) is 7.76. The molecule has 1 fully saturated rings. The number of nitrogens with zero attached hydrogens (tertiary/aromatic N) is 1. The summed E-state index contributed by atoms with van der Waals surface area (Å²) in [5, 5.41) is 5.44. The number of benzene rings is 2. The van der Waals surface area contributed by atoms with Gasteiger partial charge in [0.25, 0.3) is 11.8 Å². The maximum Gasteiger partial charge on any atom is 0.326 e. The highest BCUT2D eigenvalue weighted by molar-refractivity contribution is 6.09. The zero-order valence-electron chi connectivity index (χ0n) is 17.1. The third-order valence-corrected chi connectivity index (χ3v) is 5.72. The third-order valence-electron chi connectivity index (χ3n) is 5.72. The first kappa shape index (κ1) is 20.6. The largest absolute Gasteiger partial charge is 0.454 e. The van der Waals surface area contributed by atoms with Gasteiger partial charge in [-0.05, 0) is 48.9 Å². The fourth-order valence-corrected chi connectivity index (χ4v) is 4.18. The summed E-state index contributed by atoms with van der Waals surface area (Å²) >= 11 is 0. The van der Waals surface area contributed by atoms with E-state index in [9.17, 15) is 19.2 Å². The van der Waals surface area contributed by atoms with Crippen LogP contribution in [0.25, 0.3) is 0 Å². The standard InChI is InChI=1S/C23H23N3O5/c1-15-7-2-5-11-18(15)24-19(27)14-31-20(28)13-26-21(29)23(25-22(26)30)12-6-9-16-8-3-4-10-17(16)23/h2-5,7-8,10-11H,6,9,12-14H2,1H3,(H,24,27)(H,25,30)/t23-/m1/s1. The number of urea groups is 1. The van der Waals surface area contributed by atoms with Crippen molar-refractivity contribution < 1.29 is 23.9 Å². The van der Waals surface area contributed by atoms with E-state index in [-0.39, 0.29) is 0 Å². The minimum atomic E-state index is -1.14. The zero-order chi connectivity index (χ0) is 22.0. The van der Waals surface area contributed by atoms with Crippen molar-refractivity contribution >= 4 is 29.5 Å². The topological polar surface area (TPSA) is 105 Å². The van der Waals surface area contributed by atoms with E-state index in [1.807, 2.05) is 43.3 Å². The Labute approximate surface area is 179 Å². The number of ether oxygens (including phenoxy) is 1. The minimum absolute atomic E-state index is 0.467. The molecule has 0 radical (unpaired) electrons. The highest BCUT2D eigenvalue weighted by atomic mass is 16.5. The highest BCUT2D eigenvalue weighted by Crippen LogP contribution is 2.39. The second kappa shape index (κ2) is 8.22. The van der Waals surface area contributed by atoms with Crippen molar-refractivity contribution in [3.8, 4) is 0 Å². The predicted molar refractivity (Wildman–Crippen MR) is 112 cm³/mol. The van der Waals surface area contributed by atoms with Crippen LogP contribution in [-0.4, -0.2) is 41.9 Å². The molecule has 1 atom stereocenters. The van der Waals surface area contributed by atoms with Crippen molar-refractivity contribution in [3.05, 3.63) is 65.2 Å². The molecule has 4 rings (SSSR count). The van der Waals surface area contributed by atoms with Gasteiger partial charge in [-0.15, -0.1) is 0 Å². The average molecular weight is 421 g/mol. The summed E-state index contributed by atoms with van der Waals surface area (Å²) in [4.78, 5) is 50.9. The summed E-state index contributed by atoms with van der Waals surface area (Å²) in [6.07, 6.45) is 2.05. The van der Waals surface area contributed by atoms with Gasteiger partial charge in [-0.2, -0.15) is 0 Å². The lowest BCUT2D eigenvalue weighted by Crippen LogP contribution is -2.46. The number of fused-ring (bicyclic) bond motifs is 2. The van der Waals surface area contributed by atoms with Crippen molar-refractivity contribution in [1.29, 1.82) is 0 Å². The molecule has 2 aromatic carbocycles. The summed E-state index contributed by atoms with van der Waals surface area (Å²) < 4.78 is 4.99. The van der Waals surface area contributed by atoms with Crippen LogP contribution in [0, 0.1) is 6.92 Å². The maximum atomic E-state index is 13.2. The van der Waals surface area contributed by atoms with Crippen molar-refractivity contribution in [2.45, 2.75) is 31.7 Å². The van der Waals surface area contributed by atoms with Crippen LogP contribution >= 0.6 is 0 Å². The first-order valence-corrected chi connectivity index (χ1v) is 10.1. The van der Waals surface area contributed by atoms with Crippen molar-refractivity contribution in [1.82, 2.24) is 10.2 Å². The van der Waals surface area contributed by atoms with E-state index < -0.39 is 42.5 Å². The Bertz CT molecular complexity index is 1070. The van der Waals surface area contributed by atoms with Gasteiger partial charge in [-0.3, -0.25) is 19.3 Å². The lowest BCUT2D eigenvalue weighted by atomic mass is 9.76. The van der Waals surface area contributed by atoms with Crippen molar-refractivity contribution in [3.63, 3.8) is 0 Å². The zero-order valence-corrected chi connectivity index (χ0v) is 17.1. The Morgan fingerprint density at radius 1 is 1.13 bits per heavy atom. The molecule has 31 heavy (non-hydrogen) atoms. The molecule has 1 aliphatic heterocycles. The van der Waals surface area contributed by atoms with E-state index in [1.54, 1.807) is 12.1 Å². The van der Waals surface area contributed by atoms with Gasteiger partial charge < -0.3 is 15.4 Å². The average Bonchev–Trinajstić information content (AvgIpc) is 2.99. The van der Waals surface area contributed by atoms with E-state index in [4.69, 9.17) is 4.74 Å². The molecule has 160 valence electrons. The summed E-state index contributed by atoms with van der Waals surface area (Å²) in [6.45, 7) is 0.787. The number of imide groups is 1. The fourth-order valence-electron chi connectivity index (χ4n) is 4.18. The molecule has 1 aliphatic carbocycles. The molecule has 2 aliphatic rings. The van der Waals surface area contributed by atoms with Crippen LogP contribution in [0.2, 0.25) is 0 Å². The molecule has 1 heterocycles. The number of hydrogen-bond acceptors (Lipinski definition) is 5. The Kier molecular flexibility index (Phi) is 5.46. The second-order valence-electron chi connectivity index (χ2n) is 7.76. The number of rotatable bonds is 5. The lowest BCUT2D eigenvalue weighted by molar-refractivity contribution is -0.150. The predicted octanol–water partition coefficient (Wildman–Crippen LogP) is 2.26. The molecule has 8 heteroatoms. The number of nitrogens with one attached hydrogen (secondary N) is 2. The van der Waals surface area contributed by atoms with Crippen molar-refractivity contribution in [2.24, 2.45) is 0 Å². The SMILES string of the molecule is Cc1ccccc1NC(=O)COC(=O)CN1C(=O)N[C@@]2(CCCc3ccccc32)C1=O. The van der Waals surface area contributed by atoms with Crippen LogP contribution in [0.15, 0.2) is 48.5 Å². The number of amides is 4. The maximum absolute atomic E-state index is 13.2. The molecule has 0 unspecified atom stereocenters. The molecule has 0 saturated carbocycles. The molecule has 0 aromatic heterocycles. The number of carbonyl (C=O) groups is 4. The van der Waals surface area contributed by atoms with Gasteiger partial charge in [0.15, 0.2) is 6.61 Å². The molecular weight excluding hydrogens is 398 g/mol. The Hall–Kier alpha value is -3.68. The van der Waals surface area contributed by atoms with Crippen LogP contribution < -0.4 is 10.6 Å². The fraction of sp³-hybridized carbons (Fsp3) is 0.304. The van der Waals surface area contributed by atoms with Gasteiger partial charge in [0.05, 0.1) is 0 Å². The van der Waals surface area contributed by atoms with Crippen LogP contribution in [-0.2, 0) is 31.1 Å². The quantitative estimate of drug-likeness (QED) is 0.569. The van der Waals surface area contributed by atoms with Gasteiger partial charge >= 0.3 is 12.0 Å². The molecule has 2 aromatic rings. The molecular formula is C23H23N3O5. The smallest absolute Gasteiger partial charge is 0.326 e. The van der Waals surface area contributed by atoms with E-state index in [0.717, 1.165) is 34.4 Å². The molecule has 0 bridgehead atoms. The van der Waals surface area contributed by atoms with Crippen LogP contribution in [0.1, 0.15) is 29.5 Å².